The normalized spacial score (nSPS) is 16.2. The second kappa shape index (κ2) is 3.91. The van der Waals surface area contributed by atoms with E-state index >= 15 is 0 Å². The van der Waals surface area contributed by atoms with Crippen LogP contribution in [0, 0.1) is 0 Å². The first-order valence-corrected chi connectivity index (χ1v) is 5.33. The number of rotatable bonds is 1. The van der Waals surface area contributed by atoms with Gasteiger partial charge in [0, 0.05) is 25.2 Å². The average molecular weight is 225 g/mol. The zero-order chi connectivity index (χ0) is 11.0. The van der Waals surface area contributed by atoms with E-state index in [4.69, 9.17) is 11.6 Å². The molecule has 0 amide bonds. The van der Waals surface area contributed by atoms with Crippen LogP contribution in [0.5, 0.6) is 0 Å². The van der Waals surface area contributed by atoms with Gasteiger partial charge in [-0.25, -0.2) is 4.98 Å². The summed E-state index contributed by atoms with van der Waals surface area (Å²) in [6.45, 7) is 3.36. The maximum atomic E-state index is 11.3. The van der Waals surface area contributed by atoms with Crippen molar-refractivity contribution in [3.05, 3.63) is 28.0 Å². The molecule has 0 atom stereocenters. The Morgan fingerprint density at radius 3 is 3.00 bits per heavy atom. The Morgan fingerprint density at radius 2 is 2.33 bits per heavy atom. The number of aromatic nitrogens is 1. The highest BCUT2D eigenvalue weighted by atomic mass is 35.5. The van der Waals surface area contributed by atoms with E-state index in [0.29, 0.717) is 10.7 Å². The highest BCUT2D eigenvalue weighted by Crippen LogP contribution is 2.22. The van der Waals surface area contributed by atoms with Gasteiger partial charge >= 0.3 is 0 Å². The number of nitrogens with zero attached hydrogens (tertiary/aromatic N) is 2. The standard InChI is InChI=1S/C11H13ClN2O/c1-7(15)9-5-8-6-14(2)4-3-10(8)13-11(9)12/h5H,3-4,6H2,1-2H3. The number of pyridine rings is 1. The van der Waals surface area contributed by atoms with Gasteiger partial charge < -0.3 is 4.90 Å². The Hall–Kier alpha value is -0.930. The van der Waals surface area contributed by atoms with Crippen LogP contribution in [0.25, 0.3) is 0 Å². The van der Waals surface area contributed by atoms with Gasteiger partial charge in [-0.2, -0.15) is 0 Å². The largest absolute Gasteiger partial charge is 0.302 e. The number of halogens is 1. The van der Waals surface area contributed by atoms with Crippen LogP contribution in [-0.4, -0.2) is 29.3 Å². The van der Waals surface area contributed by atoms with E-state index in [1.54, 1.807) is 0 Å². The highest BCUT2D eigenvalue weighted by Gasteiger charge is 2.18. The molecule has 0 saturated heterocycles. The predicted octanol–water partition coefficient (Wildman–Crippen LogP) is 1.93. The maximum Gasteiger partial charge on any atom is 0.162 e. The van der Waals surface area contributed by atoms with Crippen LogP contribution in [-0.2, 0) is 13.0 Å². The minimum Gasteiger partial charge on any atom is -0.302 e. The number of hydrogen-bond donors (Lipinski definition) is 0. The summed E-state index contributed by atoms with van der Waals surface area (Å²) in [6, 6.07) is 1.88. The van der Waals surface area contributed by atoms with E-state index in [9.17, 15) is 4.79 Å². The molecular formula is C11H13ClN2O. The van der Waals surface area contributed by atoms with Gasteiger partial charge in [0.25, 0.3) is 0 Å². The first-order chi connectivity index (χ1) is 7.08. The van der Waals surface area contributed by atoms with Gasteiger partial charge in [0.05, 0.1) is 5.56 Å². The molecule has 1 aliphatic heterocycles. The molecule has 4 heteroatoms. The lowest BCUT2D eigenvalue weighted by Gasteiger charge is -2.24. The third kappa shape index (κ3) is 2.03. The zero-order valence-corrected chi connectivity index (χ0v) is 9.64. The average Bonchev–Trinajstić information content (AvgIpc) is 2.17. The van der Waals surface area contributed by atoms with Crippen molar-refractivity contribution in [3.8, 4) is 0 Å². The molecule has 1 aromatic rings. The predicted molar refractivity (Wildman–Crippen MR) is 59.3 cm³/mol. The topological polar surface area (TPSA) is 33.2 Å². The number of fused-ring (bicyclic) bond motifs is 1. The zero-order valence-electron chi connectivity index (χ0n) is 8.88. The molecule has 0 aromatic carbocycles. The lowest BCUT2D eigenvalue weighted by atomic mass is 10.0. The molecule has 2 heterocycles. The number of likely N-dealkylation sites (N-methyl/N-ethyl adjacent to an activating group) is 1. The van der Waals surface area contributed by atoms with Crippen molar-refractivity contribution in [1.29, 1.82) is 0 Å². The van der Waals surface area contributed by atoms with Gasteiger partial charge in [0.1, 0.15) is 5.15 Å². The smallest absolute Gasteiger partial charge is 0.162 e. The van der Waals surface area contributed by atoms with E-state index < -0.39 is 0 Å². The fourth-order valence-electron chi connectivity index (χ4n) is 1.83. The molecule has 0 fully saturated rings. The second-order valence-corrected chi connectivity index (χ2v) is 4.33. The molecule has 3 nitrogen and oxygen atoms in total. The van der Waals surface area contributed by atoms with Crippen molar-refractivity contribution in [3.63, 3.8) is 0 Å². The molecule has 0 bridgehead atoms. The Morgan fingerprint density at radius 1 is 1.60 bits per heavy atom. The lowest BCUT2D eigenvalue weighted by Crippen LogP contribution is -2.27. The van der Waals surface area contributed by atoms with Crippen LogP contribution < -0.4 is 0 Å². The number of hydrogen-bond acceptors (Lipinski definition) is 3. The van der Waals surface area contributed by atoms with Gasteiger partial charge in [-0.1, -0.05) is 11.6 Å². The molecule has 0 aliphatic carbocycles. The van der Waals surface area contributed by atoms with Gasteiger partial charge in [-0.05, 0) is 25.6 Å². The fraction of sp³-hybridized carbons (Fsp3) is 0.455. The summed E-state index contributed by atoms with van der Waals surface area (Å²) in [5.41, 5.74) is 2.69. The number of ketones is 1. The van der Waals surface area contributed by atoms with Crippen LogP contribution >= 0.6 is 11.6 Å². The van der Waals surface area contributed by atoms with E-state index in [2.05, 4.69) is 16.9 Å². The van der Waals surface area contributed by atoms with Crippen molar-refractivity contribution in [1.82, 2.24) is 9.88 Å². The number of carbonyl (C=O) groups excluding carboxylic acids is 1. The van der Waals surface area contributed by atoms with E-state index in [0.717, 1.165) is 30.8 Å². The maximum absolute atomic E-state index is 11.3. The molecule has 2 rings (SSSR count). The van der Waals surface area contributed by atoms with Crippen molar-refractivity contribution in [2.75, 3.05) is 13.6 Å². The van der Waals surface area contributed by atoms with Gasteiger partial charge in [0.2, 0.25) is 0 Å². The number of carbonyl (C=O) groups is 1. The molecule has 0 spiro atoms. The minimum absolute atomic E-state index is 0.0245. The summed E-state index contributed by atoms with van der Waals surface area (Å²) >= 11 is 5.95. The molecular weight excluding hydrogens is 212 g/mol. The second-order valence-electron chi connectivity index (χ2n) is 3.98. The van der Waals surface area contributed by atoms with E-state index in [-0.39, 0.29) is 5.78 Å². The van der Waals surface area contributed by atoms with Gasteiger partial charge in [-0.3, -0.25) is 4.79 Å². The first kappa shape index (κ1) is 10.6. The molecule has 0 N–H and O–H groups in total. The third-order valence-corrected chi connectivity index (χ3v) is 2.98. The first-order valence-electron chi connectivity index (χ1n) is 4.95. The summed E-state index contributed by atoms with van der Waals surface area (Å²) in [5, 5.41) is 0.339. The van der Waals surface area contributed by atoms with Gasteiger partial charge in [-0.15, -0.1) is 0 Å². The molecule has 1 aliphatic rings. The summed E-state index contributed by atoms with van der Waals surface area (Å²) in [7, 11) is 2.06. The van der Waals surface area contributed by atoms with Gasteiger partial charge in [0.15, 0.2) is 5.78 Å². The fourth-order valence-corrected chi connectivity index (χ4v) is 2.12. The molecule has 0 saturated carbocycles. The van der Waals surface area contributed by atoms with Crippen molar-refractivity contribution in [2.24, 2.45) is 0 Å². The van der Waals surface area contributed by atoms with E-state index in [1.165, 1.54) is 6.92 Å². The van der Waals surface area contributed by atoms with Crippen molar-refractivity contribution in [2.45, 2.75) is 19.9 Å². The SMILES string of the molecule is CC(=O)c1cc2c(nc1Cl)CCN(C)C2. The Bertz CT molecular complexity index is 417. The summed E-state index contributed by atoms with van der Waals surface area (Å²) in [4.78, 5) is 17.8. The summed E-state index contributed by atoms with van der Waals surface area (Å²) in [5.74, 6) is -0.0245. The van der Waals surface area contributed by atoms with Crippen LogP contribution in [0.15, 0.2) is 6.07 Å². The quantitative estimate of drug-likeness (QED) is 0.540. The Labute approximate surface area is 94.1 Å². The summed E-state index contributed by atoms with van der Waals surface area (Å²) < 4.78 is 0. The molecule has 15 heavy (non-hydrogen) atoms. The molecule has 0 radical (unpaired) electrons. The highest BCUT2D eigenvalue weighted by molar-refractivity contribution is 6.32. The molecule has 80 valence electrons. The minimum atomic E-state index is -0.0245. The van der Waals surface area contributed by atoms with Crippen LogP contribution in [0.3, 0.4) is 0 Å². The summed E-state index contributed by atoms with van der Waals surface area (Å²) in [6.07, 6.45) is 0.906. The van der Waals surface area contributed by atoms with E-state index in [1.807, 2.05) is 6.07 Å². The van der Waals surface area contributed by atoms with Crippen molar-refractivity contribution >= 4 is 17.4 Å². The van der Waals surface area contributed by atoms with Crippen molar-refractivity contribution < 1.29 is 4.79 Å². The third-order valence-electron chi connectivity index (χ3n) is 2.69. The molecule has 1 aromatic heterocycles. The Balaban J connectivity index is 2.47. The van der Waals surface area contributed by atoms with Crippen LogP contribution in [0.1, 0.15) is 28.5 Å². The number of Topliss-reactive ketones (excluding diaryl/α,β-unsaturated/α-hetero) is 1. The van der Waals surface area contributed by atoms with Crippen LogP contribution in [0.4, 0.5) is 0 Å². The monoisotopic (exact) mass is 224 g/mol. The van der Waals surface area contributed by atoms with Crippen LogP contribution in [0.2, 0.25) is 5.15 Å². The lowest BCUT2D eigenvalue weighted by molar-refractivity contribution is 0.101. The molecule has 0 unspecified atom stereocenters. The Kier molecular flexibility index (Phi) is 2.76.